The lowest BCUT2D eigenvalue weighted by atomic mass is 10.1. The molecular formula is C14H18N2OS. The predicted molar refractivity (Wildman–Crippen MR) is 75.4 cm³/mol. The minimum atomic E-state index is 0.451. The first-order chi connectivity index (χ1) is 8.86. The lowest BCUT2D eigenvalue weighted by Gasteiger charge is -2.20. The Balaban J connectivity index is 1.89. The van der Waals surface area contributed by atoms with Crippen LogP contribution in [-0.2, 0) is 0 Å². The maximum absolute atomic E-state index is 5.53. The first-order valence-electron chi connectivity index (χ1n) is 6.63. The van der Waals surface area contributed by atoms with Gasteiger partial charge in [0, 0.05) is 0 Å². The molecule has 1 fully saturated rings. The second kappa shape index (κ2) is 5.24. The quantitative estimate of drug-likeness (QED) is 0.919. The molecule has 3 nitrogen and oxygen atoms in total. The zero-order chi connectivity index (χ0) is 12.4. The van der Waals surface area contributed by atoms with Crippen molar-refractivity contribution in [3.8, 4) is 5.75 Å². The van der Waals surface area contributed by atoms with Crippen LogP contribution in [0.5, 0.6) is 5.75 Å². The molecule has 1 aromatic carbocycles. The largest absolute Gasteiger partial charge is 0.494 e. The van der Waals surface area contributed by atoms with E-state index in [0.717, 1.165) is 17.8 Å². The SMILES string of the molecule is CCOc1ccc2nc(C3CCCCN3)sc2c1. The number of thiazole rings is 1. The summed E-state index contributed by atoms with van der Waals surface area (Å²) in [5.41, 5.74) is 1.09. The second-order valence-electron chi connectivity index (χ2n) is 4.62. The van der Waals surface area contributed by atoms with Gasteiger partial charge in [-0.15, -0.1) is 11.3 Å². The van der Waals surface area contributed by atoms with Crippen molar-refractivity contribution in [1.82, 2.24) is 10.3 Å². The van der Waals surface area contributed by atoms with E-state index in [1.807, 2.05) is 13.0 Å². The molecule has 0 bridgehead atoms. The van der Waals surface area contributed by atoms with Gasteiger partial charge in [0.15, 0.2) is 0 Å². The van der Waals surface area contributed by atoms with E-state index in [-0.39, 0.29) is 0 Å². The normalized spacial score (nSPS) is 20.2. The van der Waals surface area contributed by atoms with Crippen LogP contribution in [0.2, 0.25) is 0 Å². The van der Waals surface area contributed by atoms with Gasteiger partial charge in [0.2, 0.25) is 0 Å². The van der Waals surface area contributed by atoms with Crippen molar-refractivity contribution < 1.29 is 4.74 Å². The Hall–Kier alpha value is -1.13. The molecule has 96 valence electrons. The van der Waals surface area contributed by atoms with E-state index >= 15 is 0 Å². The molecule has 1 aliphatic rings. The molecule has 1 N–H and O–H groups in total. The molecule has 3 rings (SSSR count). The van der Waals surface area contributed by atoms with Gasteiger partial charge in [0.25, 0.3) is 0 Å². The fourth-order valence-corrected chi connectivity index (χ4v) is 3.50. The highest BCUT2D eigenvalue weighted by atomic mass is 32.1. The summed E-state index contributed by atoms with van der Waals surface area (Å²) >= 11 is 1.79. The average molecular weight is 262 g/mol. The smallest absolute Gasteiger partial charge is 0.120 e. The lowest BCUT2D eigenvalue weighted by molar-refractivity contribution is 0.341. The Labute approximate surface area is 111 Å². The number of nitrogens with one attached hydrogen (secondary N) is 1. The Morgan fingerprint density at radius 3 is 3.17 bits per heavy atom. The van der Waals surface area contributed by atoms with E-state index < -0.39 is 0 Å². The third-order valence-electron chi connectivity index (χ3n) is 3.30. The summed E-state index contributed by atoms with van der Waals surface area (Å²) in [6.45, 7) is 3.83. The van der Waals surface area contributed by atoms with E-state index in [1.54, 1.807) is 11.3 Å². The molecule has 18 heavy (non-hydrogen) atoms. The lowest BCUT2D eigenvalue weighted by Crippen LogP contribution is -2.26. The highest BCUT2D eigenvalue weighted by molar-refractivity contribution is 7.18. The average Bonchev–Trinajstić information content (AvgIpc) is 2.83. The molecule has 0 aliphatic carbocycles. The first-order valence-corrected chi connectivity index (χ1v) is 7.45. The van der Waals surface area contributed by atoms with Crippen LogP contribution in [-0.4, -0.2) is 18.1 Å². The summed E-state index contributed by atoms with van der Waals surface area (Å²) in [4.78, 5) is 4.74. The van der Waals surface area contributed by atoms with Gasteiger partial charge in [-0.2, -0.15) is 0 Å². The van der Waals surface area contributed by atoms with Crippen LogP contribution in [0.15, 0.2) is 18.2 Å². The molecule has 2 heterocycles. The molecule has 1 unspecified atom stereocenters. The van der Waals surface area contributed by atoms with Gasteiger partial charge in [0.1, 0.15) is 10.8 Å². The topological polar surface area (TPSA) is 34.1 Å². The van der Waals surface area contributed by atoms with Crippen molar-refractivity contribution in [2.75, 3.05) is 13.2 Å². The number of fused-ring (bicyclic) bond motifs is 1. The number of aromatic nitrogens is 1. The van der Waals surface area contributed by atoms with Crippen LogP contribution in [0.4, 0.5) is 0 Å². The molecule has 4 heteroatoms. The van der Waals surface area contributed by atoms with Gasteiger partial charge >= 0.3 is 0 Å². The van der Waals surface area contributed by atoms with Crippen molar-refractivity contribution >= 4 is 21.6 Å². The monoisotopic (exact) mass is 262 g/mol. The van der Waals surface area contributed by atoms with E-state index in [9.17, 15) is 0 Å². The molecule has 1 atom stereocenters. The number of nitrogens with zero attached hydrogens (tertiary/aromatic N) is 1. The number of hydrogen-bond acceptors (Lipinski definition) is 4. The fraction of sp³-hybridized carbons (Fsp3) is 0.500. The summed E-state index contributed by atoms with van der Waals surface area (Å²) in [6.07, 6.45) is 3.80. The maximum Gasteiger partial charge on any atom is 0.120 e. The van der Waals surface area contributed by atoms with Gasteiger partial charge in [0.05, 0.1) is 22.9 Å². The van der Waals surface area contributed by atoms with Gasteiger partial charge in [-0.25, -0.2) is 4.98 Å². The minimum Gasteiger partial charge on any atom is -0.494 e. The van der Waals surface area contributed by atoms with E-state index in [4.69, 9.17) is 9.72 Å². The summed E-state index contributed by atoms with van der Waals surface area (Å²) in [5, 5.41) is 4.77. The molecule has 1 aromatic heterocycles. The molecule has 2 aromatic rings. The summed E-state index contributed by atoms with van der Waals surface area (Å²) < 4.78 is 6.76. The van der Waals surface area contributed by atoms with Crippen LogP contribution in [0.3, 0.4) is 0 Å². The van der Waals surface area contributed by atoms with Gasteiger partial charge in [-0.3, -0.25) is 0 Å². The van der Waals surface area contributed by atoms with Crippen molar-refractivity contribution in [1.29, 1.82) is 0 Å². The molecule has 1 saturated heterocycles. The zero-order valence-corrected chi connectivity index (χ0v) is 11.4. The number of hydrogen-bond donors (Lipinski definition) is 1. The Morgan fingerprint density at radius 2 is 2.39 bits per heavy atom. The standard InChI is InChI=1S/C14H18N2OS/c1-2-17-10-6-7-11-13(9-10)18-14(16-11)12-5-3-4-8-15-12/h6-7,9,12,15H,2-5,8H2,1H3. The first kappa shape index (κ1) is 11.9. The van der Waals surface area contributed by atoms with E-state index in [1.165, 1.54) is 29.0 Å². The number of rotatable bonds is 3. The Bertz CT molecular complexity index is 532. The molecular weight excluding hydrogens is 244 g/mol. The Kier molecular flexibility index (Phi) is 3.48. The van der Waals surface area contributed by atoms with Crippen molar-refractivity contribution in [3.05, 3.63) is 23.2 Å². The van der Waals surface area contributed by atoms with Crippen molar-refractivity contribution in [2.24, 2.45) is 0 Å². The summed E-state index contributed by atoms with van der Waals surface area (Å²) in [6, 6.07) is 6.61. The second-order valence-corrected chi connectivity index (χ2v) is 5.68. The van der Waals surface area contributed by atoms with Gasteiger partial charge in [-0.05, 0) is 44.5 Å². The molecule has 0 amide bonds. The summed E-state index contributed by atoms with van der Waals surface area (Å²) in [5.74, 6) is 0.941. The highest BCUT2D eigenvalue weighted by Gasteiger charge is 2.18. The number of benzene rings is 1. The van der Waals surface area contributed by atoms with Crippen LogP contribution < -0.4 is 10.1 Å². The third-order valence-corrected chi connectivity index (χ3v) is 4.43. The fourth-order valence-electron chi connectivity index (χ4n) is 2.39. The third kappa shape index (κ3) is 2.35. The van der Waals surface area contributed by atoms with Gasteiger partial charge < -0.3 is 10.1 Å². The number of ether oxygens (including phenoxy) is 1. The van der Waals surface area contributed by atoms with Crippen LogP contribution in [0.25, 0.3) is 10.2 Å². The predicted octanol–water partition coefficient (Wildman–Crippen LogP) is 3.51. The number of piperidine rings is 1. The van der Waals surface area contributed by atoms with E-state index in [2.05, 4.69) is 17.4 Å². The van der Waals surface area contributed by atoms with E-state index in [0.29, 0.717) is 12.6 Å². The van der Waals surface area contributed by atoms with Crippen LogP contribution in [0, 0.1) is 0 Å². The van der Waals surface area contributed by atoms with Crippen molar-refractivity contribution in [3.63, 3.8) is 0 Å². The van der Waals surface area contributed by atoms with Crippen LogP contribution in [0.1, 0.15) is 37.2 Å². The molecule has 0 spiro atoms. The van der Waals surface area contributed by atoms with Gasteiger partial charge in [-0.1, -0.05) is 6.42 Å². The maximum atomic E-state index is 5.53. The molecule has 1 aliphatic heterocycles. The summed E-state index contributed by atoms with van der Waals surface area (Å²) in [7, 11) is 0. The Morgan fingerprint density at radius 1 is 1.44 bits per heavy atom. The zero-order valence-electron chi connectivity index (χ0n) is 10.6. The molecule has 0 radical (unpaired) electrons. The highest BCUT2D eigenvalue weighted by Crippen LogP contribution is 2.32. The molecule has 0 saturated carbocycles. The van der Waals surface area contributed by atoms with Crippen LogP contribution >= 0.6 is 11.3 Å². The minimum absolute atomic E-state index is 0.451. The van der Waals surface area contributed by atoms with Crippen molar-refractivity contribution in [2.45, 2.75) is 32.2 Å².